The highest BCUT2D eigenvalue weighted by molar-refractivity contribution is 9.09. The highest BCUT2D eigenvalue weighted by Gasteiger charge is 2.28. The van der Waals surface area contributed by atoms with Crippen LogP contribution in [-0.2, 0) is 0 Å². The smallest absolute Gasteiger partial charge is 0.251 e. The van der Waals surface area contributed by atoms with Gasteiger partial charge in [-0.05, 0) is 30.9 Å². The molecule has 1 aliphatic rings. The summed E-state index contributed by atoms with van der Waals surface area (Å²) in [7, 11) is 0. The molecule has 0 saturated heterocycles. The van der Waals surface area contributed by atoms with Crippen molar-refractivity contribution in [3.05, 3.63) is 35.1 Å². The molecule has 1 aromatic rings. The molecule has 1 fully saturated rings. The van der Waals surface area contributed by atoms with Gasteiger partial charge >= 0.3 is 0 Å². The Morgan fingerprint density at radius 1 is 1.26 bits per heavy atom. The average Bonchev–Trinajstić information content (AvgIpc) is 2.82. The van der Waals surface area contributed by atoms with Crippen molar-refractivity contribution in [2.24, 2.45) is 5.92 Å². The van der Waals surface area contributed by atoms with Gasteiger partial charge in [-0.1, -0.05) is 22.4 Å². The summed E-state index contributed by atoms with van der Waals surface area (Å²) in [4.78, 5) is 11.9. The van der Waals surface area contributed by atoms with Gasteiger partial charge in [0.15, 0.2) is 17.5 Å². The zero-order valence-corrected chi connectivity index (χ0v) is 11.6. The third-order valence-corrected chi connectivity index (χ3v) is 4.25. The van der Waals surface area contributed by atoms with E-state index >= 15 is 0 Å². The van der Waals surface area contributed by atoms with Crippen LogP contribution in [0.15, 0.2) is 12.1 Å². The van der Waals surface area contributed by atoms with E-state index in [0.29, 0.717) is 18.1 Å². The SMILES string of the molecule is O=C(NC1CCCC1CBr)c1cc(F)c(F)c(F)c1. The van der Waals surface area contributed by atoms with Crippen LogP contribution in [0.3, 0.4) is 0 Å². The maximum atomic E-state index is 13.1. The summed E-state index contributed by atoms with van der Waals surface area (Å²) < 4.78 is 38.9. The summed E-state index contributed by atoms with van der Waals surface area (Å²) in [5.41, 5.74) is -0.198. The maximum Gasteiger partial charge on any atom is 0.251 e. The molecule has 2 unspecified atom stereocenters. The molecule has 0 aromatic heterocycles. The molecule has 1 N–H and O–H groups in total. The molecule has 2 nitrogen and oxygen atoms in total. The Bertz CT molecular complexity index is 472. The maximum absolute atomic E-state index is 13.1. The number of hydrogen-bond donors (Lipinski definition) is 1. The normalized spacial score (nSPS) is 22.5. The fourth-order valence-corrected chi connectivity index (χ4v) is 3.12. The van der Waals surface area contributed by atoms with E-state index in [1.54, 1.807) is 0 Å². The van der Waals surface area contributed by atoms with Gasteiger partial charge < -0.3 is 5.32 Å². The minimum Gasteiger partial charge on any atom is -0.349 e. The summed E-state index contributed by atoms with van der Waals surface area (Å²) in [6, 6.07) is 1.42. The van der Waals surface area contributed by atoms with Crippen LogP contribution in [0.5, 0.6) is 0 Å². The van der Waals surface area contributed by atoms with Gasteiger partial charge in [-0.15, -0.1) is 0 Å². The van der Waals surface area contributed by atoms with Crippen LogP contribution in [0.1, 0.15) is 29.6 Å². The Hall–Kier alpha value is -1.04. The molecule has 2 rings (SSSR count). The molecule has 1 aromatic carbocycles. The largest absolute Gasteiger partial charge is 0.349 e. The molecule has 0 aliphatic heterocycles. The predicted octanol–water partition coefficient (Wildman–Crippen LogP) is 3.40. The molecule has 0 bridgehead atoms. The second-order valence-electron chi connectivity index (χ2n) is 4.68. The lowest BCUT2D eigenvalue weighted by Crippen LogP contribution is -2.38. The van der Waals surface area contributed by atoms with Crippen LogP contribution in [0.25, 0.3) is 0 Å². The molecule has 1 aliphatic carbocycles. The Kier molecular flexibility index (Phi) is 4.50. The number of amides is 1. The van der Waals surface area contributed by atoms with Crippen LogP contribution >= 0.6 is 15.9 Å². The van der Waals surface area contributed by atoms with Crippen molar-refractivity contribution < 1.29 is 18.0 Å². The molecule has 0 radical (unpaired) electrons. The van der Waals surface area contributed by atoms with Crippen molar-refractivity contribution in [3.63, 3.8) is 0 Å². The van der Waals surface area contributed by atoms with Gasteiger partial charge in [0.2, 0.25) is 0 Å². The number of halogens is 4. The zero-order chi connectivity index (χ0) is 14.0. The third-order valence-electron chi connectivity index (χ3n) is 3.42. The van der Waals surface area contributed by atoms with Gasteiger partial charge in [0, 0.05) is 16.9 Å². The van der Waals surface area contributed by atoms with Gasteiger partial charge in [0.1, 0.15) is 0 Å². The second-order valence-corrected chi connectivity index (χ2v) is 5.33. The Morgan fingerprint density at radius 3 is 2.47 bits per heavy atom. The number of carbonyl (C=O) groups is 1. The molecule has 0 heterocycles. The Labute approximate surface area is 117 Å². The average molecular weight is 336 g/mol. The molecule has 19 heavy (non-hydrogen) atoms. The molecule has 0 spiro atoms. The molecule has 1 amide bonds. The number of alkyl halides is 1. The van der Waals surface area contributed by atoms with Gasteiger partial charge in [0.25, 0.3) is 5.91 Å². The van der Waals surface area contributed by atoms with Crippen LogP contribution in [0, 0.1) is 23.4 Å². The highest BCUT2D eigenvalue weighted by atomic mass is 79.9. The predicted molar refractivity (Wildman–Crippen MR) is 68.7 cm³/mol. The molecular weight excluding hydrogens is 323 g/mol. The van der Waals surface area contributed by atoms with Crippen LogP contribution in [0.2, 0.25) is 0 Å². The van der Waals surface area contributed by atoms with Crippen molar-refractivity contribution in [3.8, 4) is 0 Å². The van der Waals surface area contributed by atoms with E-state index < -0.39 is 23.4 Å². The number of benzene rings is 1. The molecule has 1 saturated carbocycles. The quantitative estimate of drug-likeness (QED) is 0.665. The van der Waals surface area contributed by atoms with Crippen molar-refractivity contribution in [2.45, 2.75) is 25.3 Å². The van der Waals surface area contributed by atoms with Gasteiger partial charge in [-0.2, -0.15) is 0 Å². The monoisotopic (exact) mass is 335 g/mol. The van der Waals surface area contributed by atoms with Crippen molar-refractivity contribution >= 4 is 21.8 Å². The Morgan fingerprint density at radius 2 is 1.89 bits per heavy atom. The molecule has 6 heteroatoms. The van der Waals surface area contributed by atoms with E-state index in [4.69, 9.17) is 0 Å². The lowest BCUT2D eigenvalue weighted by Gasteiger charge is -2.19. The standard InChI is InChI=1S/C13H13BrF3NO/c14-6-7-2-1-3-11(7)18-13(19)8-4-9(15)12(17)10(16)5-8/h4-5,7,11H,1-3,6H2,(H,18,19). The van der Waals surface area contributed by atoms with Crippen molar-refractivity contribution in [2.75, 3.05) is 5.33 Å². The third kappa shape index (κ3) is 3.11. The first-order valence-electron chi connectivity index (χ1n) is 6.04. The minimum absolute atomic E-state index is 0.0111. The fraction of sp³-hybridized carbons (Fsp3) is 0.462. The van der Waals surface area contributed by atoms with E-state index in [2.05, 4.69) is 21.2 Å². The number of rotatable bonds is 3. The van der Waals surface area contributed by atoms with Crippen molar-refractivity contribution in [1.29, 1.82) is 0 Å². The summed E-state index contributed by atoms with van der Waals surface area (Å²) in [5.74, 6) is -4.52. The second kappa shape index (κ2) is 5.94. The number of hydrogen-bond acceptors (Lipinski definition) is 1. The summed E-state index contributed by atoms with van der Waals surface area (Å²) in [6.07, 6.45) is 2.85. The van der Waals surface area contributed by atoms with Gasteiger partial charge in [-0.3, -0.25) is 4.79 Å². The molecule has 104 valence electrons. The topological polar surface area (TPSA) is 29.1 Å². The molecular formula is C13H13BrF3NO. The van der Waals surface area contributed by atoms with E-state index in [-0.39, 0.29) is 11.6 Å². The number of nitrogens with one attached hydrogen (secondary N) is 1. The van der Waals surface area contributed by atoms with E-state index in [1.165, 1.54) is 0 Å². The first kappa shape index (κ1) is 14.4. The van der Waals surface area contributed by atoms with E-state index in [0.717, 1.165) is 24.6 Å². The lowest BCUT2D eigenvalue weighted by atomic mass is 10.1. The minimum atomic E-state index is -1.56. The first-order chi connectivity index (χ1) is 9.02. The highest BCUT2D eigenvalue weighted by Crippen LogP contribution is 2.27. The lowest BCUT2D eigenvalue weighted by molar-refractivity contribution is 0.0929. The van der Waals surface area contributed by atoms with Crippen LogP contribution < -0.4 is 5.32 Å². The number of carbonyl (C=O) groups excluding carboxylic acids is 1. The van der Waals surface area contributed by atoms with Gasteiger partial charge in [0.05, 0.1) is 0 Å². The van der Waals surface area contributed by atoms with Crippen LogP contribution in [0.4, 0.5) is 13.2 Å². The Balaban J connectivity index is 2.12. The van der Waals surface area contributed by atoms with E-state index in [9.17, 15) is 18.0 Å². The summed E-state index contributed by atoms with van der Waals surface area (Å²) in [5, 5.41) is 3.51. The fourth-order valence-electron chi connectivity index (χ4n) is 2.35. The first-order valence-corrected chi connectivity index (χ1v) is 7.16. The van der Waals surface area contributed by atoms with Crippen LogP contribution in [-0.4, -0.2) is 17.3 Å². The summed E-state index contributed by atoms with van der Waals surface area (Å²) in [6.45, 7) is 0. The van der Waals surface area contributed by atoms with Crippen molar-refractivity contribution in [1.82, 2.24) is 5.32 Å². The summed E-state index contributed by atoms with van der Waals surface area (Å²) >= 11 is 3.37. The zero-order valence-electron chi connectivity index (χ0n) is 10.1. The van der Waals surface area contributed by atoms with E-state index in [1.807, 2.05) is 0 Å². The molecule has 2 atom stereocenters. The van der Waals surface area contributed by atoms with Gasteiger partial charge in [-0.25, -0.2) is 13.2 Å².